The largest absolute Gasteiger partial charge is 1.00 e. The monoisotopic (exact) mass is 427 g/mol. The predicted molar refractivity (Wildman–Crippen MR) is 101 cm³/mol. The lowest BCUT2D eigenvalue weighted by Crippen LogP contribution is -3.00. The van der Waals surface area contributed by atoms with Crippen LogP contribution >= 0.6 is 0 Å². The van der Waals surface area contributed by atoms with Crippen molar-refractivity contribution in [2.24, 2.45) is 5.92 Å². The summed E-state index contributed by atoms with van der Waals surface area (Å²) in [7, 11) is 2.31. The van der Waals surface area contributed by atoms with Crippen molar-refractivity contribution in [3.63, 3.8) is 0 Å². The third-order valence-electron chi connectivity index (χ3n) is 6.84. The first-order chi connectivity index (χ1) is 12.6. The molecule has 3 fully saturated rings. The first-order valence-electron chi connectivity index (χ1n) is 9.83. The third kappa shape index (κ3) is 3.23. The molecule has 2 bridgehead atoms. The third-order valence-corrected chi connectivity index (χ3v) is 6.84. The summed E-state index contributed by atoms with van der Waals surface area (Å²) in [6.45, 7) is 3.44. The number of likely N-dealkylation sites (N-methyl/N-ethyl adjacent to an activating group) is 1. The van der Waals surface area contributed by atoms with E-state index in [-0.39, 0.29) is 35.0 Å². The number of benzene rings is 2. The van der Waals surface area contributed by atoms with E-state index in [1.165, 1.54) is 37.1 Å². The lowest BCUT2D eigenvalue weighted by atomic mass is 9.78. The van der Waals surface area contributed by atoms with E-state index in [0.29, 0.717) is 5.92 Å². The number of piperidine rings is 3. The van der Waals surface area contributed by atoms with Gasteiger partial charge in [-0.25, -0.2) is 0 Å². The lowest BCUT2D eigenvalue weighted by molar-refractivity contribution is -0.928. The quantitative estimate of drug-likeness (QED) is 0.515. The molecule has 4 aliphatic rings. The van der Waals surface area contributed by atoms with E-state index in [0.717, 1.165) is 28.6 Å². The molecule has 0 N–H and O–H groups in total. The second-order valence-corrected chi connectivity index (χ2v) is 8.57. The summed E-state index contributed by atoms with van der Waals surface area (Å²) >= 11 is 0. The molecule has 3 aliphatic heterocycles. The maximum absolute atomic E-state index is 13.3. The van der Waals surface area contributed by atoms with Crippen LogP contribution in [0.1, 0.15) is 41.0 Å². The van der Waals surface area contributed by atoms with Gasteiger partial charge in [-0.2, -0.15) is 0 Å². The molecule has 0 saturated carbocycles. The van der Waals surface area contributed by atoms with Gasteiger partial charge in [0.2, 0.25) is 0 Å². The number of fused-ring (bicyclic) bond motifs is 5. The second kappa shape index (κ2) is 7.06. The fourth-order valence-corrected chi connectivity index (χ4v) is 5.28. The number of carbonyl (C=O) groups excluding carboxylic acids is 1. The van der Waals surface area contributed by atoms with Gasteiger partial charge in [0.1, 0.15) is 12.5 Å². The van der Waals surface area contributed by atoms with E-state index in [2.05, 4.69) is 43.4 Å². The van der Waals surface area contributed by atoms with Gasteiger partial charge < -0.3 is 26.2 Å². The molecule has 0 spiro atoms. The van der Waals surface area contributed by atoms with Crippen LogP contribution in [0.4, 0.5) is 0 Å². The summed E-state index contributed by atoms with van der Waals surface area (Å²) in [4.78, 5) is 13.3. The van der Waals surface area contributed by atoms with Crippen LogP contribution in [0.25, 0.3) is 0 Å². The number of esters is 1. The molecular formula is C23H26BrNO2. The van der Waals surface area contributed by atoms with Gasteiger partial charge in [0.15, 0.2) is 6.10 Å². The molecule has 1 atom stereocenters. The van der Waals surface area contributed by atoms with Gasteiger partial charge in [0, 0.05) is 18.8 Å². The van der Waals surface area contributed by atoms with Gasteiger partial charge in [0.05, 0.1) is 20.1 Å². The van der Waals surface area contributed by atoms with Gasteiger partial charge in [-0.1, -0.05) is 48.5 Å². The molecule has 2 aromatic carbocycles. The Morgan fingerprint density at radius 3 is 2.07 bits per heavy atom. The summed E-state index contributed by atoms with van der Waals surface area (Å²) in [6.07, 6.45) is 3.35. The zero-order valence-electron chi connectivity index (χ0n) is 15.7. The van der Waals surface area contributed by atoms with Gasteiger partial charge in [-0.05, 0) is 28.7 Å². The van der Waals surface area contributed by atoms with Crippen LogP contribution in [0, 0.1) is 5.92 Å². The minimum absolute atomic E-state index is 0. The van der Waals surface area contributed by atoms with Crippen LogP contribution in [-0.2, 0) is 16.0 Å². The highest BCUT2D eigenvalue weighted by atomic mass is 79.9. The fraction of sp³-hybridized carbons (Fsp3) is 0.435. The molecule has 6 rings (SSSR count). The number of hydrogen-bond donors (Lipinski definition) is 0. The number of halogens is 1. The number of carbonyl (C=O) groups is 1. The average Bonchev–Trinajstić information content (AvgIpc) is 2.66. The summed E-state index contributed by atoms with van der Waals surface area (Å²) in [6, 6.07) is 16.7. The fourth-order valence-electron chi connectivity index (χ4n) is 5.28. The van der Waals surface area contributed by atoms with E-state index in [1.807, 2.05) is 12.1 Å². The van der Waals surface area contributed by atoms with Crippen LogP contribution < -0.4 is 17.0 Å². The van der Waals surface area contributed by atoms with E-state index in [1.54, 1.807) is 0 Å². The summed E-state index contributed by atoms with van der Waals surface area (Å²) in [5.74, 6) is 0.208. The molecule has 1 aliphatic carbocycles. The van der Waals surface area contributed by atoms with Crippen molar-refractivity contribution in [1.82, 2.24) is 0 Å². The van der Waals surface area contributed by atoms with Crippen molar-refractivity contribution >= 4 is 5.97 Å². The molecule has 4 heteroatoms. The van der Waals surface area contributed by atoms with Crippen LogP contribution in [-0.4, -0.2) is 43.2 Å². The van der Waals surface area contributed by atoms with Crippen LogP contribution in [0.5, 0.6) is 0 Å². The maximum Gasteiger partial charge on any atom is 0.318 e. The van der Waals surface area contributed by atoms with E-state index >= 15 is 0 Å². The standard InChI is InChI=1S/C23H26NO2.BrH/c1-24-12-10-16(11-13-24)21(15-24)26-23(25)22-19-8-4-2-6-17(19)14-18-7-3-5-9-20(18)22;/h2-9,16,21-22H,10-15H2,1H3;1H/q+1;/p-1. The second-order valence-electron chi connectivity index (χ2n) is 8.57. The van der Waals surface area contributed by atoms with Gasteiger partial charge in [-0.3, -0.25) is 4.79 Å². The minimum Gasteiger partial charge on any atom is -1.00 e. The minimum atomic E-state index is -0.281. The molecule has 2 aromatic rings. The Morgan fingerprint density at radius 2 is 1.52 bits per heavy atom. The Bertz CT molecular complexity index is 811. The van der Waals surface area contributed by atoms with Gasteiger partial charge in [0.25, 0.3) is 0 Å². The maximum atomic E-state index is 13.3. The zero-order valence-corrected chi connectivity index (χ0v) is 17.3. The summed E-state index contributed by atoms with van der Waals surface area (Å²) in [5, 5.41) is 0. The Kier molecular flexibility index (Phi) is 4.89. The van der Waals surface area contributed by atoms with Crippen LogP contribution in [0.3, 0.4) is 0 Å². The van der Waals surface area contributed by atoms with E-state index < -0.39 is 0 Å². The summed E-state index contributed by atoms with van der Waals surface area (Å²) < 4.78 is 7.25. The highest BCUT2D eigenvalue weighted by Crippen LogP contribution is 2.39. The van der Waals surface area contributed by atoms with E-state index in [4.69, 9.17) is 4.74 Å². The SMILES string of the molecule is C[N+]12CCC(CC1)C(OC(=O)C1c3ccccc3Cc3ccccc31)C2.[Br-]. The van der Waals surface area contributed by atoms with Crippen molar-refractivity contribution in [3.8, 4) is 0 Å². The van der Waals surface area contributed by atoms with Gasteiger partial charge >= 0.3 is 5.97 Å². The topological polar surface area (TPSA) is 26.3 Å². The first kappa shape index (κ1) is 18.7. The van der Waals surface area contributed by atoms with Gasteiger partial charge in [-0.15, -0.1) is 0 Å². The molecule has 0 radical (unpaired) electrons. The van der Waals surface area contributed by atoms with Crippen LogP contribution in [0.15, 0.2) is 48.5 Å². The number of quaternary nitrogens is 1. The number of rotatable bonds is 2. The van der Waals surface area contributed by atoms with Crippen molar-refractivity contribution < 1.29 is 31.0 Å². The first-order valence-corrected chi connectivity index (χ1v) is 9.83. The molecule has 0 aromatic heterocycles. The number of nitrogens with zero attached hydrogens (tertiary/aromatic N) is 1. The zero-order chi connectivity index (χ0) is 17.7. The highest BCUT2D eigenvalue weighted by molar-refractivity contribution is 5.84. The van der Waals surface area contributed by atoms with E-state index in [9.17, 15) is 4.79 Å². The van der Waals surface area contributed by atoms with Crippen molar-refractivity contribution in [2.45, 2.75) is 31.3 Å². The molecule has 3 nitrogen and oxygen atoms in total. The molecule has 3 saturated heterocycles. The molecule has 27 heavy (non-hydrogen) atoms. The Morgan fingerprint density at radius 1 is 0.963 bits per heavy atom. The predicted octanol–water partition coefficient (Wildman–Crippen LogP) is 0.509. The molecule has 142 valence electrons. The Balaban J connectivity index is 0.00000180. The van der Waals surface area contributed by atoms with Crippen LogP contribution in [0.2, 0.25) is 0 Å². The highest BCUT2D eigenvalue weighted by Gasteiger charge is 2.46. The molecule has 0 amide bonds. The summed E-state index contributed by atoms with van der Waals surface area (Å²) in [5.41, 5.74) is 4.75. The Labute approximate surface area is 171 Å². The van der Waals surface area contributed by atoms with Crippen molar-refractivity contribution in [3.05, 3.63) is 70.8 Å². The lowest BCUT2D eigenvalue weighted by Gasteiger charge is -2.50. The molecule has 1 unspecified atom stereocenters. The molecular weight excluding hydrogens is 402 g/mol. The normalized spacial score (nSPS) is 28.6. The Hall–Kier alpha value is -1.65. The number of ether oxygens (including phenoxy) is 1. The molecule has 3 heterocycles. The van der Waals surface area contributed by atoms with Crippen molar-refractivity contribution in [1.29, 1.82) is 0 Å². The average molecular weight is 428 g/mol. The smallest absolute Gasteiger partial charge is 0.318 e. The van der Waals surface area contributed by atoms with Crippen molar-refractivity contribution in [2.75, 3.05) is 26.7 Å². The number of hydrogen-bond acceptors (Lipinski definition) is 2.